The second-order valence-corrected chi connectivity index (χ2v) is 14.4. The third-order valence-corrected chi connectivity index (χ3v) is 11.6. The van der Waals surface area contributed by atoms with Gasteiger partial charge < -0.3 is 9.47 Å². The van der Waals surface area contributed by atoms with Crippen molar-refractivity contribution in [2.24, 2.45) is 5.92 Å². The Bertz CT molecular complexity index is 2520. The largest absolute Gasteiger partial charge is 0.333 e. The normalized spacial score (nSPS) is 18.7. The molecule has 6 aromatic rings. The fourth-order valence-electron chi connectivity index (χ4n) is 9.55. The minimum atomic E-state index is 0.170. The molecular weight excluding hydrogens is 631 g/mol. The maximum Gasteiger partial charge on any atom is 0.101 e. The molecule has 2 atom stereocenters. The molecule has 0 N–H and O–H groups in total. The highest BCUT2D eigenvalue weighted by atomic mass is 15.2. The van der Waals surface area contributed by atoms with Gasteiger partial charge >= 0.3 is 0 Å². The fourth-order valence-corrected chi connectivity index (χ4v) is 9.55. The standard InChI is InChI=1S/C49H39N3/c50-32-40-45(33-18-4-1-5-19-33)48(51-41-28-14-10-24-36(41)37-25-11-15-29-42(37)51)47(35-22-8-3-9-23-35)49(46(40)34-20-6-2-7-21-34)52-43-30-16-12-26-38(43)39-27-13-17-31-44(39)52/h1-10,14-24,28-31,38,43H,11-13,25-27H2. The van der Waals surface area contributed by atoms with E-state index < -0.39 is 0 Å². The first-order valence-electron chi connectivity index (χ1n) is 18.8. The number of anilines is 1. The van der Waals surface area contributed by atoms with E-state index >= 15 is 0 Å². The first kappa shape index (κ1) is 30.7. The molecule has 0 amide bonds. The van der Waals surface area contributed by atoms with Crippen LogP contribution in [0, 0.1) is 17.2 Å². The molecule has 3 heteroatoms. The molecular formula is C49H39N3. The molecule has 10 rings (SSSR count). The first-order chi connectivity index (χ1) is 25.8. The number of nitrogens with zero attached hydrogens (tertiary/aromatic N) is 3. The minimum absolute atomic E-state index is 0.170. The van der Waals surface area contributed by atoms with Gasteiger partial charge in [0.25, 0.3) is 0 Å². The Morgan fingerprint density at radius 3 is 1.92 bits per heavy atom. The van der Waals surface area contributed by atoms with Gasteiger partial charge in [-0.25, -0.2) is 0 Å². The zero-order valence-corrected chi connectivity index (χ0v) is 29.2. The predicted octanol–water partition coefficient (Wildman–Crippen LogP) is 12.2. The van der Waals surface area contributed by atoms with Crippen molar-refractivity contribution in [3.8, 4) is 45.1 Å². The van der Waals surface area contributed by atoms with E-state index in [1.54, 1.807) is 5.57 Å². The number of aromatic nitrogens is 1. The lowest BCUT2D eigenvalue weighted by molar-refractivity contribution is 0.501. The van der Waals surface area contributed by atoms with Gasteiger partial charge in [0, 0.05) is 39.4 Å². The quantitative estimate of drug-likeness (QED) is 0.171. The Kier molecular flexibility index (Phi) is 7.43. The summed E-state index contributed by atoms with van der Waals surface area (Å²) in [6, 6.07) is 44.2. The van der Waals surface area contributed by atoms with Crippen molar-refractivity contribution in [1.82, 2.24) is 4.57 Å². The van der Waals surface area contributed by atoms with E-state index in [0.717, 1.165) is 83.3 Å². The Hall–Kier alpha value is -6.11. The van der Waals surface area contributed by atoms with E-state index in [-0.39, 0.29) is 6.04 Å². The van der Waals surface area contributed by atoms with Crippen LogP contribution in [0.4, 0.5) is 5.69 Å². The van der Waals surface area contributed by atoms with Crippen LogP contribution in [0.2, 0.25) is 0 Å². The molecule has 1 aromatic heterocycles. The van der Waals surface area contributed by atoms with Crippen molar-refractivity contribution < 1.29 is 0 Å². The molecule has 5 aromatic carbocycles. The molecule has 4 aliphatic rings. The molecule has 3 aliphatic carbocycles. The van der Waals surface area contributed by atoms with Crippen LogP contribution in [-0.2, 0) is 6.42 Å². The molecule has 2 unspecified atom stereocenters. The van der Waals surface area contributed by atoms with Gasteiger partial charge in [0.1, 0.15) is 6.07 Å². The monoisotopic (exact) mass is 669 g/mol. The van der Waals surface area contributed by atoms with Gasteiger partial charge in [0.2, 0.25) is 0 Å². The van der Waals surface area contributed by atoms with Gasteiger partial charge in [0.15, 0.2) is 0 Å². The summed E-state index contributed by atoms with van der Waals surface area (Å²) in [5.74, 6) is 0.447. The molecule has 0 saturated carbocycles. The lowest BCUT2D eigenvalue weighted by Gasteiger charge is -2.37. The number of nitriles is 1. The summed E-state index contributed by atoms with van der Waals surface area (Å²) in [5, 5.41) is 12.9. The first-order valence-corrected chi connectivity index (χ1v) is 18.8. The van der Waals surface area contributed by atoms with Crippen LogP contribution in [0.5, 0.6) is 0 Å². The molecule has 250 valence electrons. The fraction of sp³-hybridized carbons (Fsp3) is 0.163. The molecule has 1 aliphatic heterocycles. The number of allylic oxidation sites excluding steroid dienone is 4. The van der Waals surface area contributed by atoms with Crippen LogP contribution in [0.1, 0.15) is 48.9 Å². The zero-order chi connectivity index (χ0) is 34.6. The highest BCUT2D eigenvalue weighted by Crippen LogP contribution is 2.57. The summed E-state index contributed by atoms with van der Waals surface area (Å²) in [7, 11) is 0. The lowest BCUT2D eigenvalue weighted by Crippen LogP contribution is -2.35. The Morgan fingerprint density at radius 1 is 0.596 bits per heavy atom. The van der Waals surface area contributed by atoms with E-state index in [9.17, 15) is 5.26 Å². The highest BCUT2D eigenvalue weighted by molar-refractivity contribution is 6.08. The summed E-state index contributed by atoms with van der Waals surface area (Å²) in [6.45, 7) is 0. The summed E-state index contributed by atoms with van der Waals surface area (Å²) in [4.78, 5) is 2.64. The SMILES string of the molecule is N#Cc1c(-c2ccccc2)c(N2C3=C(CCC=C3)C3CCC=CC32)c(-c2ccccc2)c(-n2c3c(c4ccccc42)CCC=C3)c1-c1ccccc1. The summed E-state index contributed by atoms with van der Waals surface area (Å²) >= 11 is 0. The van der Waals surface area contributed by atoms with Gasteiger partial charge in [0.05, 0.1) is 28.5 Å². The second-order valence-electron chi connectivity index (χ2n) is 14.4. The van der Waals surface area contributed by atoms with Crippen molar-refractivity contribution in [2.45, 2.75) is 44.6 Å². The van der Waals surface area contributed by atoms with Gasteiger partial charge in [-0.05, 0) is 84.6 Å². The Morgan fingerprint density at radius 2 is 1.21 bits per heavy atom. The van der Waals surface area contributed by atoms with E-state index in [1.807, 2.05) is 0 Å². The van der Waals surface area contributed by atoms with Gasteiger partial charge in [-0.2, -0.15) is 5.26 Å². The molecule has 2 heterocycles. The number of hydrogen-bond donors (Lipinski definition) is 0. The Labute approximate surface area is 305 Å². The molecule has 52 heavy (non-hydrogen) atoms. The number of benzene rings is 5. The molecule has 0 radical (unpaired) electrons. The smallest absolute Gasteiger partial charge is 0.101 e. The van der Waals surface area contributed by atoms with Crippen molar-refractivity contribution in [2.75, 3.05) is 4.90 Å². The second kappa shape index (κ2) is 12.6. The molecule has 0 spiro atoms. The predicted molar refractivity (Wildman–Crippen MR) is 215 cm³/mol. The molecule has 0 fully saturated rings. The van der Waals surface area contributed by atoms with E-state index in [0.29, 0.717) is 11.5 Å². The maximum atomic E-state index is 11.7. The van der Waals surface area contributed by atoms with Crippen LogP contribution in [-0.4, -0.2) is 10.6 Å². The van der Waals surface area contributed by atoms with E-state index in [4.69, 9.17) is 0 Å². The van der Waals surface area contributed by atoms with Crippen LogP contribution in [0.3, 0.4) is 0 Å². The molecule has 0 bridgehead atoms. The number of rotatable bonds is 5. The zero-order valence-electron chi connectivity index (χ0n) is 29.2. The third-order valence-electron chi connectivity index (χ3n) is 11.6. The average Bonchev–Trinajstić information content (AvgIpc) is 3.73. The molecule has 0 saturated heterocycles. The van der Waals surface area contributed by atoms with E-state index in [1.165, 1.54) is 27.9 Å². The van der Waals surface area contributed by atoms with Crippen molar-refractivity contribution in [3.05, 3.63) is 174 Å². The summed E-state index contributed by atoms with van der Waals surface area (Å²) < 4.78 is 2.50. The van der Waals surface area contributed by atoms with Crippen molar-refractivity contribution in [3.63, 3.8) is 0 Å². The average molecular weight is 670 g/mol. The van der Waals surface area contributed by atoms with Crippen molar-refractivity contribution in [1.29, 1.82) is 5.26 Å². The highest BCUT2D eigenvalue weighted by Gasteiger charge is 2.44. The number of aryl methyl sites for hydroxylation is 1. The van der Waals surface area contributed by atoms with Gasteiger partial charge in [-0.3, -0.25) is 0 Å². The minimum Gasteiger partial charge on any atom is -0.333 e. The number of hydrogen-bond acceptors (Lipinski definition) is 2. The number of para-hydroxylation sites is 1. The Balaban J connectivity index is 1.47. The molecule has 3 nitrogen and oxygen atoms in total. The van der Waals surface area contributed by atoms with Gasteiger partial charge in [-0.1, -0.05) is 133 Å². The van der Waals surface area contributed by atoms with E-state index in [2.05, 4.69) is 167 Å². The van der Waals surface area contributed by atoms with Crippen LogP contribution >= 0.6 is 0 Å². The topological polar surface area (TPSA) is 32.0 Å². The number of fused-ring (bicyclic) bond motifs is 5. The summed E-state index contributed by atoms with van der Waals surface area (Å²) in [6.07, 6.45) is 20.6. The van der Waals surface area contributed by atoms with Crippen LogP contribution < -0.4 is 4.90 Å². The lowest BCUT2D eigenvalue weighted by atomic mass is 9.81. The van der Waals surface area contributed by atoms with Gasteiger partial charge in [-0.15, -0.1) is 0 Å². The maximum absolute atomic E-state index is 11.7. The summed E-state index contributed by atoms with van der Waals surface area (Å²) in [5.41, 5.74) is 15.9. The van der Waals surface area contributed by atoms with Crippen LogP contribution in [0.15, 0.2) is 157 Å². The van der Waals surface area contributed by atoms with Crippen molar-refractivity contribution >= 4 is 22.7 Å². The third kappa shape index (κ3) is 4.64. The van der Waals surface area contributed by atoms with Crippen LogP contribution in [0.25, 0.3) is 56.0 Å².